The molecule has 150 valence electrons. The van der Waals surface area contributed by atoms with Crippen LogP contribution in [0.5, 0.6) is 0 Å². The van der Waals surface area contributed by atoms with Crippen LogP contribution in [0.4, 0.5) is 0 Å². The molecule has 5 nitrogen and oxygen atoms in total. The van der Waals surface area contributed by atoms with Crippen molar-refractivity contribution in [1.29, 1.82) is 0 Å². The second-order valence-electron chi connectivity index (χ2n) is 7.22. The van der Waals surface area contributed by atoms with Gasteiger partial charge in [0.2, 0.25) is 5.91 Å². The lowest BCUT2D eigenvalue weighted by Gasteiger charge is -2.21. The summed E-state index contributed by atoms with van der Waals surface area (Å²) in [5.41, 5.74) is 1.50. The Hall–Kier alpha value is -2.31. The van der Waals surface area contributed by atoms with E-state index >= 15 is 0 Å². The quantitative estimate of drug-likeness (QED) is 0.452. The Kier molecular flexibility index (Phi) is 5.92. The van der Waals surface area contributed by atoms with Crippen molar-refractivity contribution in [2.24, 2.45) is 0 Å². The Balaban J connectivity index is 1.71. The van der Waals surface area contributed by atoms with Crippen LogP contribution in [0.1, 0.15) is 25.3 Å². The average Bonchev–Trinajstić information content (AvgIpc) is 3.26. The normalized spacial score (nSPS) is 15.0. The number of fused-ring (bicyclic) bond motifs is 1. The van der Waals surface area contributed by atoms with Crippen molar-refractivity contribution in [3.63, 3.8) is 0 Å². The van der Waals surface area contributed by atoms with Crippen molar-refractivity contribution in [3.05, 3.63) is 69.5 Å². The van der Waals surface area contributed by atoms with Gasteiger partial charge in [-0.05, 0) is 49.6 Å². The van der Waals surface area contributed by atoms with Gasteiger partial charge in [-0.25, -0.2) is 4.98 Å². The Morgan fingerprint density at radius 2 is 1.83 bits per heavy atom. The number of rotatable bonds is 5. The minimum absolute atomic E-state index is 0.103. The third-order valence-corrected chi connectivity index (χ3v) is 6.46. The van der Waals surface area contributed by atoms with E-state index in [2.05, 4.69) is 0 Å². The summed E-state index contributed by atoms with van der Waals surface area (Å²) in [7, 11) is 0. The van der Waals surface area contributed by atoms with Crippen LogP contribution >= 0.6 is 23.4 Å². The van der Waals surface area contributed by atoms with Crippen LogP contribution in [0.15, 0.2) is 58.5 Å². The van der Waals surface area contributed by atoms with E-state index in [1.807, 2.05) is 54.3 Å². The van der Waals surface area contributed by atoms with Gasteiger partial charge < -0.3 is 4.90 Å². The largest absolute Gasteiger partial charge is 0.342 e. The van der Waals surface area contributed by atoms with E-state index in [1.54, 1.807) is 10.6 Å². The number of likely N-dealkylation sites (tertiary alicyclic amines) is 1. The summed E-state index contributed by atoms with van der Waals surface area (Å²) in [6, 6.07) is 14.7. The van der Waals surface area contributed by atoms with Gasteiger partial charge in [0.15, 0.2) is 5.16 Å². The summed E-state index contributed by atoms with van der Waals surface area (Å²) < 4.78 is 1.66. The number of hydrogen-bond donors (Lipinski definition) is 0. The lowest BCUT2D eigenvalue weighted by Crippen LogP contribution is -2.34. The molecule has 0 aliphatic carbocycles. The number of aromatic nitrogens is 2. The molecule has 0 spiro atoms. The standard InChI is InChI=1S/C22H22ClN3O2S/c1-15(20(27)25-12-4-5-13-25)29-22-24-19-7-3-2-6-18(19)21(28)26(22)14-16-8-10-17(23)11-9-16/h2-3,6-11,15H,4-5,12-14H2,1H3/t15-/m0/s1. The van der Waals surface area contributed by atoms with Crippen LogP contribution in [0.2, 0.25) is 5.02 Å². The van der Waals surface area contributed by atoms with Crippen LogP contribution in [-0.2, 0) is 11.3 Å². The first-order chi connectivity index (χ1) is 14.0. The minimum atomic E-state index is -0.308. The number of carbonyl (C=O) groups excluding carboxylic acids is 1. The first kappa shape index (κ1) is 20.0. The molecule has 1 atom stereocenters. The molecule has 1 aromatic heterocycles. The van der Waals surface area contributed by atoms with Gasteiger partial charge >= 0.3 is 0 Å². The molecule has 1 aliphatic heterocycles. The van der Waals surface area contributed by atoms with Gasteiger partial charge in [0.05, 0.1) is 22.7 Å². The van der Waals surface area contributed by atoms with E-state index in [-0.39, 0.29) is 16.7 Å². The van der Waals surface area contributed by atoms with Gasteiger partial charge in [0.25, 0.3) is 5.56 Å². The number of amides is 1. The van der Waals surface area contributed by atoms with Crippen LogP contribution in [-0.4, -0.2) is 38.7 Å². The number of para-hydroxylation sites is 1. The average molecular weight is 428 g/mol. The van der Waals surface area contributed by atoms with Gasteiger partial charge in [0, 0.05) is 18.1 Å². The van der Waals surface area contributed by atoms with Crippen molar-refractivity contribution < 1.29 is 4.79 Å². The van der Waals surface area contributed by atoms with E-state index in [0.29, 0.717) is 27.6 Å². The number of nitrogens with zero attached hydrogens (tertiary/aromatic N) is 3. The van der Waals surface area contributed by atoms with Crippen molar-refractivity contribution in [1.82, 2.24) is 14.5 Å². The van der Waals surface area contributed by atoms with E-state index in [4.69, 9.17) is 16.6 Å². The fourth-order valence-electron chi connectivity index (χ4n) is 3.55. The van der Waals surface area contributed by atoms with Crippen LogP contribution in [0.3, 0.4) is 0 Å². The van der Waals surface area contributed by atoms with Crippen LogP contribution in [0.25, 0.3) is 10.9 Å². The monoisotopic (exact) mass is 427 g/mol. The third-order valence-electron chi connectivity index (χ3n) is 5.13. The number of thioether (sulfide) groups is 1. The SMILES string of the molecule is C[C@H](Sc1nc2ccccc2c(=O)n1Cc1ccc(Cl)cc1)C(=O)N1CCCC1. The maximum absolute atomic E-state index is 13.2. The van der Waals surface area contributed by atoms with Gasteiger partial charge in [-0.1, -0.05) is 47.6 Å². The first-order valence-corrected chi connectivity index (χ1v) is 11.0. The maximum Gasteiger partial charge on any atom is 0.262 e. The summed E-state index contributed by atoms with van der Waals surface area (Å²) >= 11 is 7.35. The summed E-state index contributed by atoms with van der Waals surface area (Å²) in [5, 5.41) is 1.47. The van der Waals surface area contributed by atoms with Crippen LogP contribution in [0, 0.1) is 0 Å². The lowest BCUT2D eigenvalue weighted by molar-refractivity contribution is -0.129. The Morgan fingerprint density at radius 1 is 1.14 bits per heavy atom. The van der Waals surface area contributed by atoms with Crippen molar-refractivity contribution >= 4 is 40.2 Å². The zero-order chi connectivity index (χ0) is 20.4. The molecule has 29 heavy (non-hydrogen) atoms. The minimum Gasteiger partial charge on any atom is -0.342 e. The number of carbonyl (C=O) groups is 1. The van der Waals surface area contributed by atoms with Gasteiger partial charge in [0.1, 0.15) is 0 Å². The van der Waals surface area contributed by atoms with Gasteiger partial charge in [-0.3, -0.25) is 14.2 Å². The molecule has 2 heterocycles. The van der Waals surface area contributed by atoms with Crippen molar-refractivity contribution in [2.75, 3.05) is 13.1 Å². The fraction of sp³-hybridized carbons (Fsp3) is 0.318. The van der Waals surface area contributed by atoms with E-state index in [1.165, 1.54) is 11.8 Å². The van der Waals surface area contributed by atoms with E-state index in [0.717, 1.165) is 31.5 Å². The van der Waals surface area contributed by atoms with E-state index < -0.39 is 0 Å². The van der Waals surface area contributed by atoms with Crippen LogP contribution < -0.4 is 5.56 Å². The molecule has 1 fully saturated rings. The Labute approximate surface area is 178 Å². The van der Waals surface area contributed by atoms with Gasteiger partial charge in [-0.2, -0.15) is 0 Å². The molecule has 0 N–H and O–H groups in total. The summed E-state index contributed by atoms with van der Waals surface area (Å²) in [4.78, 5) is 32.6. The molecule has 0 bridgehead atoms. The highest BCUT2D eigenvalue weighted by atomic mass is 35.5. The molecular weight excluding hydrogens is 406 g/mol. The summed E-state index contributed by atoms with van der Waals surface area (Å²) in [6.45, 7) is 3.89. The predicted octanol–water partition coefficient (Wildman–Crippen LogP) is 4.20. The molecule has 0 unspecified atom stereocenters. The Morgan fingerprint density at radius 3 is 2.55 bits per heavy atom. The lowest BCUT2D eigenvalue weighted by atomic mass is 10.2. The third kappa shape index (κ3) is 4.33. The summed E-state index contributed by atoms with van der Waals surface area (Å²) in [5.74, 6) is 0.105. The molecule has 4 rings (SSSR count). The molecular formula is C22H22ClN3O2S. The van der Waals surface area contributed by atoms with Gasteiger partial charge in [-0.15, -0.1) is 0 Å². The highest BCUT2D eigenvalue weighted by Crippen LogP contribution is 2.26. The summed E-state index contributed by atoms with van der Waals surface area (Å²) in [6.07, 6.45) is 2.11. The molecule has 7 heteroatoms. The molecule has 1 aliphatic rings. The number of halogens is 1. The molecule has 0 radical (unpaired) electrons. The topological polar surface area (TPSA) is 55.2 Å². The fourth-order valence-corrected chi connectivity index (χ4v) is 4.67. The molecule has 2 aromatic carbocycles. The zero-order valence-corrected chi connectivity index (χ0v) is 17.7. The highest BCUT2D eigenvalue weighted by Gasteiger charge is 2.25. The second kappa shape index (κ2) is 8.59. The molecule has 0 saturated carbocycles. The van der Waals surface area contributed by atoms with E-state index in [9.17, 15) is 9.59 Å². The highest BCUT2D eigenvalue weighted by molar-refractivity contribution is 8.00. The number of hydrogen-bond acceptors (Lipinski definition) is 4. The second-order valence-corrected chi connectivity index (χ2v) is 8.97. The maximum atomic E-state index is 13.2. The zero-order valence-electron chi connectivity index (χ0n) is 16.2. The van der Waals surface area contributed by atoms with Crippen molar-refractivity contribution in [2.45, 2.75) is 36.7 Å². The van der Waals surface area contributed by atoms with Crippen molar-refractivity contribution in [3.8, 4) is 0 Å². The first-order valence-electron chi connectivity index (χ1n) is 9.72. The Bertz CT molecular complexity index is 1090. The molecule has 1 amide bonds. The molecule has 3 aromatic rings. The smallest absolute Gasteiger partial charge is 0.262 e. The predicted molar refractivity (Wildman–Crippen MR) is 118 cm³/mol. The number of benzene rings is 2. The molecule has 1 saturated heterocycles.